The minimum atomic E-state index is -3.90. The zero-order valence-corrected chi connectivity index (χ0v) is 9.91. The normalized spacial score (nSPS) is 13.5. The number of halogens is 3. The van der Waals surface area contributed by atoms with Crippen molar-refractivity contribution in [2.75, 3.05) is 11.0 Å². The fraction of sp³-hybridized carbons (Fsp3) is 0.333. The van der Waals surface area contributed by atoms with Gasteiger partial charge in [-0.3, -0.25) is 4.72 Å². The van der Waals surface area contributed by atoms with Crippen molar-refractivity contribution < 1.29 is 21.6 Å². The molecule has 8 heteroatoms. The fourth-order valence-corrected chi connectivity index (χ4v) is 1.78. The molecule has 1 aromatic carbocycles. The monoisotopic (exact) mass is 268 g/mol. The van der Waals surface area contributed by atoms with Crippen LogP contribution in [0.15, 0.2) is 6.07 Å². The maximum Gasteiger partial charge on any atom is 0.230 e. The fourth-order valence-electron chi connectivity index (χ4n) is 1.22. The molecule has 0 aliphatic heterocycles. The first-order valence-corrected chi connectivity index (χ1v) is 6.43. The smallest absolute Gasteiger partial charge is 0.230 e. The summed E-state index contributed by atoms with van der Waals surface area (Å²) in [7, 11) is -3.90. The molecule has 0 bridgehead atoms. The quantitative estimate of drug-likeness (QED) is 0.816. The lowest BCUT2D eigenvalue weighted by atomic mass is 10.1. The predicted octanol–water partition coefficient (Wildman–Crippen LogP) is 1.50. The van der Waals surface area contributed by atoms with Gasteiger partial charge in [0.1, 0.15) is 5.69 Å². The highest BCUT2D eigenvalue weighted by Gasteiger charge is 2.22. The second kappa shape index (κ2) is 4.53. The molecule has 0 heterocycles. The van der Waals surface area contributed by atoms with Crippen molar-refractivity contribution >= 4 is 15.7 Å². The lowest BCUT2D eigenvalue weighted by molar-refractivity contribution is 0.483. The number of hydrogen-bond donors (Lipinski definition) is 2. The molecule has 96 valence electrons. The van der Waals surface area contributed by atoms with Gasteiger partial charge in [-0.1, -0.05) is 0 Å². The molecule has 0 radical (unpaired) electrons. The highest BCUT2D eigenvalue weighted by Crippen LogP contribution is 2.27. The molecule has 17 heavy (non-hydrogen) atoms. The summed E-state index contributed by atoms with van der Waals surface area (Å²) in [6.07, 6.45) is 0.698. The summed E-state index contributed by atoms with van der Waals surface area (Å²) in [5.74, 6) is -4.20. The van der Waals surface area contributed by atoms with Crippen LogP contribution in [-0.2, 0) is 10.0 Å². The minimum Gasteiger partial charge on any atom is -0.324 e. The van der Waals surface area contributed by atoms with E-state index in [1.165, 1.54) is 6.92 Å². The number of nitrogens with one attached hydrogen (secondary N) is 1. The number of benzene rings is 1. The third kappa shape index (κ3) is 3.10. The molecule has 4 nitrogen and oxygen atoms in total. The second-order valence-electron chi connectivity index (χ2n) is 3.61. The standard InChI is InChI=1S/C9H11F3N2O2S/c1-4(13)5-3-6(10)9(8(12)7(5)11)14-17(2,15)16/h3-4,14H,13H2,1-2H3/t4-/m1/s1. The van der Waals surface area contributed by atoms with Gasteiger partial charge in [0.15, 0.2) is 17.5 Å². The topological polar surface area (TPSA) is 72.2 Å². The maximum absolute atomic E-state index is 13.4. The molecular weight excluding hydrogens is 257 g/mol. The number of sulfonamides is 1. The van der Waals surface area contributed by atoms with Gasteiger partial charge < -0.3 is 5.73 Å². The van der Waals surface area contributed by atoms with Crippen LogP contribution in [0.3, 0.4) is 0 Å². The van der Waals surface area contributed by atoms with Crippen LogP contribution in [0.25, 0.3) is 0 Å². The van der Waals surface area contributed by atoms with Crippen molar-refractivity contribution in [3.8, 4) is 0 Å². The van der Waals surface area contributed by atoms with E-state index in [1.54, 1.807) is 4.72 Å². The van der Waals surface area contributed by atoms with Crippen LogP contribution in [0.5, 0.6) is 0 Å². The van der Waals surface area contributed by atoms with E-state index in [2.05, 4.69) is 0 Å². The average molecular weight is 268 g/mol. The molecule has 1 rings (SSSR count). The summed E-state index contributed by atoms with van der Waals surface area (Å²) in [5.41, 5.74) is 3.91. The number of nitrogens with two attached hydrogens (primary N) is 1. The van der Waals surface area contributed by atoms with Gasteiger partial charge in [-0.2, -0.15) is 0 Å². The van der Waals surface area contributed by atoms with Crippen molar-refractivity contribution in [1.29, 1.82) is 0 Å². The average Bonchev–Trinajstić information content (AvgIpc) is 2.16. The Hall–Kier alpha value is -1.28. The van der Waals surface area contributed by atoms with Gasteiger partial charge in [-0.15, -0.1) is 0 Å². The van der Waals surface area contributed by atoms with E-state index in [0.29, 0.717) is 12.3 Å². The van der Waals surface area contributed by atoms with E-state index in [0.717, 1.165) is 0 Å². The minimum absolute atomic E-state index is 0.362. The Bertz CT molecular complexity index is 544. The Labute approximate surface area is 96.7 Å². The van der Waals surface area contributed by atoms with Gasteiger partial charge in [0, 0.05) is 11.6 Å². The van der Waals surface area contributed by atoms with Crippen LogP contribution >= 0.6 is 0 Å². The third-order valence-corrected chi connectivity index (χ3v) is 2.54. The first-order valence-electron chi connectivity index (χ1n) is 4.54. The molecule has 0 amide bonds. The Morgan fingerprint density at radius 3 is 2.24 bits per heavy atom. The molecule has 0 fully saturated rings. The largest absolute Gasteiger partial charge is 0.324 e. The number of hydrogen-bond acceptors (Lipinski definition) is 3. The van der Waals surface area contributed by atoms with Crippen molar-refractivity contribution in [2.45, 2.75) is 13.0 Å². The van der Waals surface area contributed by atoms with Crippen molar-refractivity contribution in [2.24, 2.45) is 5.73 Å². The molecule has 0 aliphatic rings. The first-order chi connectivity index (χ1) is 7.63. The van der Waals surface area contributed by atoms with Crippen LogP contribution < -0.4 is 10.5 Å². The van der Waals surface area contributed by atoms with Crippen LogP contribution in [0.1, 0.15) is 18.5 Å². The molecule has 0 saturated carbocycles. The lowest BCUT2D eigenvalue weighted by Crippen LogP contribution is -2.16. The van der Waals surface area contributed by atoms with Crippen LogP contribution in [0.4, 0.5) is 18.9 Å². The molecule has 3 N–H and O–H groups in total. The summed E-state index contributed by atoms with van der Waals surface area (Å²) in [6.45, 7) is 1.35. The van der Waals surface area contributed by atoms with Gasteiger partial charge in [0.2, 0.25) is 10.0 Å². The maximum atomic E-state index is 13.4. The summed E-state index contributed by atoms with van der Waals surface area (Å²) in [6, 6.07) is -0.248. The Morgan fingerprint density at radius 2 is 1.82 bits per heavy atom. The molecular formula is C9H11F3N2O2S. The molecule has 0 aliphatic carbocycles. The van der Waals surface area contributed by atoms with E-state index >= 15 is 0 Å². The Kier molecular flexibility index (Phi) is 3.68. The number of rotatable bonds is 3. The molecule has 0 unspecified atom stereocenters. The molecule has 0 saturated heterocycles. The van der Waals surface area contributed by atoms with Gasteiger partial charge in [0.25, 0.3) is 0 Å². The zero-order valence-electron chi connectivity index (χ0n) is 9.09. The van der Waals surface area contributed by atoms with Gasteiger partial charge in [0.05, 0.1) is 6.26 Å². The van der Waals surface area contributed by atoms with E-state index < -0.39 is 39.2 Å². The van der Waals surface area contributed by atoms with Gasteiger partial charge >= 0.3 is 0 Å². The molecule has 1 aromatic rings. The van der Waals surface area contributed by atoms with E-state index in [9.17, 15) is 21.6 Å². The lowest BCUT2D eigenvalue weighted by Gasteiger charge is -2.12. The van der Waals surface area contributed by atoms with Crippen LogP contribution in [-0.4, -0.2) is 14.7 Å². The predicted molar refractivity (Wildman–Crippen MR) is 57.4 cm³/mol. The van der Waals surface area contributed by atoms with Crippen LogP contribution in [0, 0.1) is 17.5 Å². The zero-order chi connectivity index (χ0) is 13.4. The van der Waals surface area contributed by atoms with Crippen LogP contribution in [0.2, 0.25) is 0 Å². The summed E-state index contributed by atoms with van der Waals surface area (Å²) < 4.78 is 63.5. The van der Waals surface area contributed by atoms with Gasteiger partial charge in [-0.25, -0.2) is 21.6 Å². The van der Waals surface area contributed by atoms with E-state index in [-0.39, 0.29) is 5.56 Å². The summed E-state index contributed by atoms with van der Waals surface area (Å²) in [5, 5.41) is 0. The molecule has 0 spiro atoms. The van der Waals surface area contributed by atoms with E-state index in [1.807, 2.05) is 0 Å². The van der Waals surface area contributed by atoms with E-state index in [4.69, 9.17) is 5.73 Å². The van der Waals surface area contributed by atoms with Crippen molar-refractivity contribution in [1.82, 2.24) is 0 Å². The SMILES string of the molecule is C[C@@H](N)c1cc(F)c(NS(C)(=O)=O)c(F)c1F. The molecule has 0 aromatic heterocycles. The molecule has 1 atom stereocenters. The van der Waals surface area contributed by atoms with Gasteiger partial charge in [-0.05, 0) is 13.0 Å². The highest BCUT2D eigenvalue weighted by molar-refractivity contribution is 7.92. The Balaban J connectivity index is 3.41. The summed E-state index contributed by atoms with van der Waals surface area (Å²) in [4.78, 5) is 0. The van der Waals surface area contributed by atoms with Crippen molar-refractivity contribution in [3.63, 3.8) is 0 Å². The third-order valence-electron chi connectivity index (χ3n) is 1.96. The Morgan fingerprint density at radius 1 is 1.29 bits per heavy atom. The van der Waals surface area contributed by atoms with Crippen molar-refractivity contribution in [3.05, 3.63) is 29.1 Å². The first kappa shape index (κ1) is 13.8. The second-order valence-corrected chi connectivity index (χ2v) is 5.36. The summed E-state index contributed by atoms with van der Waals surface area (Å²) >= 11 is 0. The highest BCUT2D eigenvalue weighted by atomic mass is 32.2. The number of anilines is 1.